The standard InChI is InChI=1S/C16H14Cl2N3O2/c17-11-8-13(18)16(20-9-11)21-14(22)7-3-5-10-4-1-2-6-12(10)15(19)23/h1-2,4,6-9H,3,5H2,(H2,19,23)(H,20,21,22). The minimum Gasteiger partial charge on any atom is -0.366 e. The molecular formula is C16H14Cl2N3O2. The van der Waals surface area contributed by atoms with Gasteiger partial charge in [-0.15, -0.1) is 0 Å². The second-order valence-corrected chi connectivity index (χ2v) is 5.58. The van der Waals surface area contributed by atoms with Crippen LogP contribution in [0.25, 0.3) is 0 Å². The van der Waals surface area contributed by atoms with Crippen LogP contribution in [0.5, 0.6) is 0 Å². The molecule has 3 N–H and O–H groups in total. The van der Waals surface area contributed by atoms with Gasteiger partial charge in [0.2, 0.25) is 11.8 Å². The van der Waals surface area contributed by atoms with Gasteiger partial charge in [-0.1, -0.05) is 41.4 Å². The first-order chi connectivity index (χ1) is 11.0. The summed E-state index contributed by atoms with van der Waals surface area (Å²) in [5.41, 5.74) is 6.57. The van der Waals surface area contributed by atoms with Crippen LogP contribution >= 0.6 is 23.2 Å². The zero-order valence-electron chi connectivity index (χ0n) is 12.1. The highest BCUT2D eigenvalue weighted by Crippen LogP contribution is 2.22. The highest BCUT2D eigenvalue weighted by Gasteiger charge is 2.10. The monoisotopic (exact) mass is 350 g/mol. The molecule has 0 aliphatic heterocycles. The van der Waals surface area contributed by atoms with Crippen molar-refractivity contribution in [3.63, 3.8) is 0 Å². The molecule has 0 fully saturated rings. The van der Waals surface area contributed by atoms with Crippen molar-refractivity contribution in [3.05, 3.63) is 64.1 Å². The zero-order valence-corrected chi connectivity index (χ0v) is 13.6. The number of anilines is 1. The van der Waals surface area contributed by atoms with E-state index in [1.807, 2.05) is 12.1 Å². The molecule has 1 heterocycles. The largest absolute Gasteiger partial charge is 0.366 e. The molecule has 0 saturated carbocycles. The number of primary amides is 1. The van der Waals surface area contributed by atoms with Crippen molar-refractivity contribution in [1.82, 2.24) is 4.98 Å². The maximum atomic E-state index is 11.9. The first-order valence-electron chi connectivity index (χ1n) is 6.80. The Morgan fingerprint density at radius 1 is 1.26 bits per heavy atom. The van der Waals surface area contributed by atoms with Crippen molar-refractivity contribution in [2.24, 2.45) is 5.73 Å². The van der Waals surface area contributed by atoms with Gasteiger partial charge < -0.3 is 11.1 Å². The highest BCUT2D eigenvalue weighted by molar-refractivity contribution is 6.36. The number of rotatable bonds is 6. The first-order valence-corrected chi connectivity index (χ1v) is 7.56. The molecule has 1 aromatic carbocycles. The van der Waals surface area contributed by atoms with Gasteiger partial charge in [-0.05, 0) is 30.5 Å². The molecule has 2 aromatic rings. The fourth-order valence-electron chi connectivity index (χ4n) is 2.01. The number of nitrogens with one attached hydrogen (secondary N) is 1. The number of carbonyl (C=O) groups is 2. The second kappa shape index (κ2) is 7.94. The summed E-state index contributed by atoms with van der Waals surface area (Å²) < 4.78 is 0. The summed E-state index contributed by atoms with van der Waals surface area (Å²) in [6.07, 6.45) is 3.83. The third-order valence-corrected chi connectivity index (χ3v) is 3.57. The molecule has 0 aliphatic carbocycles. The van der Waals surface area contributed by atoms with E-state index >= 15 is 0 Å². The third-order valence-electron chi connectivity index (χ3n) is 3.08. The summed E-state index contributed by atoms with van der Waals surface area (Å²) in [5, 5.41) is 3.22. The fourth-order valence-corrected chi connectivity index (χ4v) is 2.44. The summed E-state index contributed by atoms with van der Waals surface area (Å²) in [7, 11) is 0. The van der Waals surface area contributed by atoms with Crippen molar-refractivity contribution in [1.29, 1.82) is 0 Å². The van der Waals surface area contributed by atoms with Crippen molar-refractivity contribution in [2.45, 2.75) is 12.8 Å². The van der Waals surface area contributed by atoms with Crippen LogP contribution in [0.3, 0.4) is 0 Å². The van der Waals surface area contributed by atoms with E-state index in [1.54, 1.807) is 12.1 Å². The lowest BCUT2D eigenvalue weighted by molar-refractivity contribution is -0.113. The molecule has 2 rings (SSSR count). The van der Waals surface area contributed by atoms with Crippen LogP contribution in [0.4, 0.5) is 5.82 Å². The number of carbonyl (C=O) groups excluding carboxylic acids is 2. The Hall–Kier alpha value is -2.11. The van der Waals surface area contributed by atoms with Gasteiger partial charge in [0, 0.05) is 11.8 Å². The van der Waals surface area contributed by atoms with E-state index in [0.717, 1.165) is 5.56 Å². The van der Waals surface area contributed by atoms with Crippen LogP contribution < -0.4 is 11.1 Å². The molecule has 0 saturated heterocycles. The van der Waals surface area contributed by atoms with Crippen molar-refractivity contribution < 1.29 is 9.59 Å². The molecule has 0 unspecified atom stereocenters. The maximum Gasteiger partial charge on any atom is 0.248 e. The van der Waals surface area contributed by atoms with Gasteiger partial charge in [-0.3, -0.25) is 9.59 Å². The number of aromatic nitrogens is 1. The predicted octanol–water partition coefficient (Wildman–Crippen LogP) is 3.26. The number of pyridine rings is 1. The van der Waals surface area contributed by atoms with Crippen LogP contribution in [0.1, 0.15) is 22.3 Å². The van der Waals surface area contributed by atoms with Crippen molar-refractivity contribution >= 4 is 40.8 Å². The van der Waals surface area contributed by atoms with E-state index in [9.17, 15) is 9.59 Å². The first kappa shape index (κ1) is 17.2. The lowest BCUT2D eigenvalue weighted by Gasteiger charge is -2.08. The molecule has 119 valence electrons. The smallest absolute Gasteiger partial charge is 0.248 e. The number of halogens is 2. The van der Waals surface area contributed by atoms with Gasteiger partial charge in [0.1, 0.15) is 0 Å². The van der Waals surface area contributed by atoms with E-state index < -0.39 is 5.91 Å². The SMILES string of the molecule is NC(=O)c1ccccc1CC[CH]C(=O)Nc1ncc(Cl)cc1Cl. The van der Waals surface area contributed by atoms with Gasteiger partial charge in [-0.2, -0.15) is 0 Å². The predicted molar refractivity (Wildman–Crippen MR) is 90.5 cm³/mol. The Morgan fingerprint density at radius 3 is 2.70 bits per heavy atom. The Kier molecular flexibility index (Phi) is 5.96. The van der Waals surface area contributed by atoms with Gasteiger partial charge in [-0.25, -0.2) is 4.98 Å². The number of hydrogen-bond donors (Lipinski definition) is 2. The summed E-state index contributed by atoms with van der Waals surface area (Å²) in [6.45, 7) is 0. The average molecular weight is 351 g/mol. The number of nitrogens with two attached hydrogens (primary N) is 1. The molecule has 0 bridgehead atoms. The Morgan fingerprint density at radius 2 is 2.00 bits per heavy atom. The molecule has 23 heavy (non-hydrogen) atoms. The molecule has 0 spiro atoms. The number of benzene rings is 1. The minimum absolute atomic E-state index is 0.245. The molecule has 7 heteroatoms. The topological polar surface area (TPSA) is 85.1 Å². The number of nitrogens with zero attached hydrogens (tertiary/aromatic N) is 1. The van der Waals surface area contributed by atoms with E-state index in [4.69, 9.17) is 28.9 Å². The summed E-state index contributed by atoms with van der Waals surface area (Å²) >= 11 is 11.7. The summed E-state index contributed by atoms with van der Waals surface area (Å²) in [4.78, 5) is 27.1. The lowest BCUT2D eigenvalue weighted by atomic mass is 10.0. The van der Waals surface area contributed by atoms with Gasteiger partial charge in [0.25, 0.3) is 0 Å². The van der Waals surface area contributed by atoms with Crippen LogP contribution in [-0.2, 0) is 11.2 Å². The van der Waals surface area contributed by atoms with Gasteiger partial charge in [0.15, 0.2) is 5.82 Å². The Labute approximate surface area is 143 Å². The van der Waals surface area contributed by atoms with E-state index in [1.165, 1.54) is 18.7 Å². The molecule has 0 atom stereocenters. The quantitative estimate of drug-likeness (QED) is 0.838. The third kappa shape index (κ3) is 4.94. The van der Waals surface area contributed by atoms with Crippen LogP contribution in [-0.4, -0.2) is 16.8 Å². The summed E-state index contributed by atoms with van der Waals surface area (Å²) in [6, 6.07) is 8.53. The molecule has 5 nitrogen and oxygen atoms in total. The normalized spacial score (nSPS) is 10.3. The fraction of sp³-hybridized carbons (Fsp3) is 0.125. The lowest BCUT2D eigenvalue weighted by Crippen LogP contribution is -2.15. The molecular weight excluding hydrogens is 337 g/mol. The number of aryl methyl sites for hydroxylation is 1. The van der Waals surface area contributed by atoms with Crippen molar-refractivity contribution in [2.75, 3.05) is 5.32 Å². The highest BCUT2D eigenvalue weighted by atomic mass is 35.5. The van der Waals surface area contributed by atoms with E-state index in [-0.39, 0.29) is 16.7 Å². The number of hydrogen-bond acceptors (Lipinski definition) is 3. The second-order valence-electron chi connectivity index (χ2n) is 4.74. The maximum absolute atomic E-state index is 11.9. The zero-order chi connectivity index (χ0) is 16.8. The van der Waals surface area contributed by atoms with Crippen LogP contribution in [0, 0.1) is 6.42 Å². The van der Waals surface area contributed by atoms with Crippen LogP contribution in [0.2, 0.25) is 10.0 Å². The summed E-state index contributed by atoms with van der Waals surface area (Å²) in [5.74, 6) is -0.574. The Bertz CT molecular complexity index is 735. The molecule has 0 aliphatic rings. The van der Waals surface area contributed by atoms with Crippen LogP contribution in [0.15, 0.2) is 36.5 Å². The van der Waals surface area contributed by atoms with Gasteiger partial charge in [0.05, 0.1) is 16.5 Å². The van der Waals surface area contributed by atoms with E-state index in [2.05, 4.69) is 10.3 Å². The number of amides is 2. The van der Waals surface area contributed by atoms with Gasteiger partial charge >= 0.3 is 0 Å². The molecule has 1 aromatic heterocycles. The average Bonchev–Trinajstić information content (AvgIpc) is 2.50. The Balaban J connectivity index is 1.89. The van der Waals surface area contributed by atoms with Crippen molar-refractivity contribution in [3.8, 4) is 0 Å². The van der Waals surface area contributed by atoms with E-state index in [0.29, 0.717) is 23.4 Å². The molecule has 2 amide bonds. The molecule has 1 radical (unpaired) electrons. The minimum atomic E-state index is -0.484.